The van der Waals surface area contributed by atoms with E-state index >= 15 is 0 Å². The first kappa shape index (κ1) is 24.0. The van der Waals surface area contributed by atoms with Crippen LogP contribution in [0, 0.1) is 0 Å². The molecule has 2 aliphatic heterocycles. The Bertz CT molecular complexity index is 699. The molecule has 0 aliphatic carbocycles. The normalized spacial score (nSPS) is 28.0. The zero-order chi connectivity index (χ0) is 22.8. The summed E-state index contributed by atoms with van der Waals surface area (Å²) in [5.74, 6) is -2.34. The Morgan fingerprint density at radius 3 is 2.27 bits per heavy atom. The second kappa shape index (κ2) is 9.27. The van der Waals surface area contributed by atoms with E-state index in [2.05, 4.69) is 5.32 Å². The number of primary amides is 1. The molecule has 2 heterocycles. The first-order valence-electron chi connectivity index (χ1n) is 10.3. The smallest absolute Gasteiger partial charge is 0.246 e. The Morgan fingerprint density at radius 1 is 1.10 bits per heavy atom. The van der Waals surface area contributed by atoms with Crippen molar-refractivity contribution in [2.75, 3.05) is 13.1 Å². The van der Waals surface area contributed by atoms with Crippen LogP contribution in [-0.2, 0) is 19.2 Å². The van der Waals surface area contributed by atoms with Crippen molar-refractivity contribution in [2.24, 2.45) is 11.5 Å². The second-order valence-corrected chi connectivity index (χ2v) is 8.42. The van der Waals surface area contributed by atoms with Crippen LogP contribution in [0.3, 0.4) is 0 Å². The molecule has 0 bridgehead atoms. The van der Waals surface area contributed by atoms with E-state index in [-0.39, 0.29) is 5.91 Å². The van der Waals surface area contributed by atoms with Crippen molar-refractivity contribution in [3.63, 3.8) is 0 Å². The largest absolute Gasteiger partial charge is 0.391 e. The van der Waals surface area contributed by atoms with Crippen molar-refractivity contribution in [1.29, 1.82) is 0 Å². The Balaban J connectivity index is 2.20. The number of carbonyl (C=O) groups excluding carboxylic acids is 4. The zero-order valence-electron chi connectivity index (χ0n) is 17.7. The molecular weight excluding hydrogens is 394 g/mol. The average Bonchev–Trinajstić information content (AvgIpc) is 3.31. The molecule has 6 atom stereocenters. The Labute approximate surface area is 175 Å². The van der Waals surface area contributed by atoms with Gasteiger partial charge < -0.3 is 36.8 Å². The summed E-state index contributed by atoms with van der Waals surface area (Å²) in [5.41, 5.74) is 9.78. The first-order valence-corrected chi connectivity index (χ1v) is 10.3. The molecule has 0 radical (unpaired) electrons. The highest BCUT2D eigenvalue weighted by Crippen LogP contribution is 2.32. The van der Waals surface area contributed by atoms with Crippen LogP contribution in [0.15, 0.2) is 0 Å². The van der Waals surface area contributed by atoms with Crippen LogP contribution in [-0.4, -0.2) is 92.6 Å². The molecule has 0 aromatic rings. The molecule has 170 valence electrons. The molecule has 0 aromatic carbocycles. The number of nitrogens with two attached hydrogens (primary N) is 2. The molecule has 11 nitrogen and oxygen atoms in total. The average molecular weight is 428 g/mol. The number of hydrogen-bond donors (Lipinski definition) is 5. The SMILES string of the molecule is C[C@@H](O)[C@H](N)C(=O)N1CCC[C@H]1C(=O)N1CCCC1(C)C(=O)N[C@@H](C(N)=O)[C@@H](C)O. The quantitative estimate of drug-likeness (QED) is 0.296. The molecule has 2 saturated heterocycles. The van der Waals surface area contributed by atoms with Crippen molar-refractivity contribution in [1.82, 2.24) is 15.1 Å². The predicted octanol–water partition coefficient (Wildman–Crippen LogP) is -2.58. The van der Waals surface area contributed by atoms with Crippen LogP contribution in [0.2, 0.25) is 0 Å². The molecule has 4 amide bonds. The number of nitrogens with zero attached hydrogens (tertiary/aromatic N) is 2. The number of rotatable bonds is 7. The van der Waals surface area contributed by atoms with Crippen molar-refractivity contribution in [2.45, 2.75) is 82.3 Å². The second-order valence-electron chi connectivity index (χ2n) is 8.42. The molecular formula is C19H33N5O6. The van der Waals surface area contributed by atoms with Gasteiger partial charge in [0.1, 0.15) is 23.7 Å². The Kier molecular flexibility index (Phi) is 7.43. The van der Waals surface area contributed by atoms with Crippen molar-refractivity contribution >= 4 is 23.6 Å². The van der Waals surface area contributed by atoms with Gasteiger partial charge in [0.05, 0.1) is 12.2 Å². The fourth-order valence-corrected chi connectivity index (χ4v) is 4.14. The minimum absolute atomic E-state index is 0.319. The Hall–Kier alpha value is -2.24. The summed E-state index contributed by atoms with van der Waals surface area (Å²) in [6.07, 6.45) is -0.267. The minimum atomic E-state index is -1.28. The van der Waals surface area contributed by atoms with Gasteiger partial charge in [-0.15, -0.1) is 0 Å². The first-order chi connectivity index (χ1) is 13.9. The van der Waals surface area contributed by atoms with E-state index < -0.39 is 53.6 Å². The Morgan fingerprint density at radius 2 is 1.73 bits per heavy atom. The molecule has 30 heavy (non-hydrogen) atoms. The van der Waals surface area contributed by atoms with Crippen LogP contribution in [0.4, 0.5) is 0 Å². The van der Waals surface area contributed by atoms with Crippen molar-refractivity contribution in [3.8, 4) is 0 Å². The summed E-state index contributed by atoms with van der Waals surface area (Å²) < 4.78 is 0. The number of carbonyl (C=O) groups is 4. The van der Waals surface area contributed by atoms with Gasteiger partial charge >= 0.3 is 0 Å². The molecule has 7 N–H and O–H groups in total. The van der Waals surface area contributed by atoms with Gasteiger partial charge in [0.2, 0.25) is 23.6 Å². The molecule has 2 aliphatic rings. The van der Waals surface area contributed by atoms with E-state index in [0.717, 1.165) is 0 Å². The number of hydrogen-bond acceptors (Lipinski definition) is 7. The third kappa shape index (κ3) is 4.57. The lowest BCUT2D eigenvalue weighted by Gasteiger charge is -2.38. The molecule has 1 unspecified atom stereocenters. The van der Waals surface area contributed by atoms with Gasteiger partial charge in [-0.1, -0.05) is 0 Å². The third-order valence-electron chi connectivity index (χ3n) is 6.10. The van der Waals surface area contributed by atoms with E-state index in [1.54, 1.807) is 6.92 Å². The van der Waals surface area contributed by atoms with Gasteiger partial charge in [0.25, 0.3) is 0 Å². The molecule has 0 aromatic heterocycles. The van der Waals surface area contributed by atoms with Crippen LogP contribution < -0.4 is 16.8 Å². The van der Waals surface area contributed by atoms with Crippen molar-refractivity contribution < 1.29 is 29.4 Å². The summed E-state index contributed by atoms with van der Waals surface area (Å²) in [6, 6.07) is -3.18. The number of aliphatic hydroxyl groups is 2. The van der Waals surface area contributed by atoms with Crippen LogP contribution in [0.25, 0.3) is 0 Å². The molecule has 11 heteroatoms. The maximum atomic E-state index is 13.3. The van der Waals surface area contributed by atoms with Crippen molar-refractivity contribution in [3.05, 3.63) is 0 Å². The summed E-state index contributed by atoms with van der Waals surface area (Å²) >= 11 is 0. The summed E-state index contributed by atoms with van der Waals surface area (Å²) in [7, 11) is 0. The lowest BCUT2D eigenvalue weighted by Crippen LogP contribution is -2.63. The maximum Gasteiger partial charge on any atom is 0.246 e. The minimum Gasteiger partial charge on any atom is -0.391 e. The monoisotopic (exact) mass is 427 g/mol. The fraction of sp³-hybridized carbons (Fsp3) is 0.789. The standard InChI is InChI=1S/C19H33N5O6/c1-10(25)13(20)17(29)23-8-4-6-12(23)16(28)24-9-5-7-19(24,3)18(30)22-14(11(2)26)15(21)27/h10-14,25-26H,4-9,20H2,1-3H3,(H2,21,27)(H,22,30)/t10-,11-,12+,13+,14-,19?/m1/s1. The highest BCUT2D eigenvalue weighted by molar-refractivity contribution is 5.97. The molecule has 0 saturated carbocycles. The maximum absolute atomic E-state index is 13.3. The molecule has 0 spiro atoms. The highest BCUT2D eigenvalue weighted by Gasteiger charge is 2.50. The van der Waals surface area contributed by atoms with Gasteiger partial charge in [0.15, 0.2) is 0 Å². The summed E-state index contributed by atoms with van der Waals surface area (Å²) in [4.78, 5) is 53.3. The highest BCUT2D eigenvalue weighted by atomic mass is 16.3. The number of likely N-dealkylation sites (tertiary alicyclic amines) is 2. The van der Waals surface area contributed by atoms with E-state index in [0.29, 0.717) is 38.8 Å². The lowest BCUT2D eigenvalue weighted by molar-refractivity contribution is -0.152. The van der Waals surface area contributed by atoms with Gasteiger partial charge in [-0.2, -0.15) is 0 Å². The van der Waals surface area contributed by atoms with Gasteiger partial charge in [0, 0.05) is 13.1 Å². The van der Waals surface area contributed by atoms with Gasteiger partial charge in [-0.3, -0.25) is 19.2 Å². The molecule has 2 fully saturated rings. The van der Waals surface area contributed by atoms with Crippen LogP contribution in [0.1, 0.15) is 46.5 Å². The number of nitrogens with one attached hydrogen (secondary N) is 1. The van der Waals surface area contributed by atoms with Crippen LogP contribution >= 0.6 is 0 Å². The zero-order valence-corrected chi connectivity index (χ0v) is 17.7. The third-order valence-corrected chi connectivity index (χ3v) is 6.10. The van der Waals surface area contributed by atoms with E-state index in [1.165, 1.54) is 23.6 Å². The topological polar surface area (TPSA) is 179 Å². The van der Waals surface area contributed by atoms with Gasteiger partial charge in [-0.05, 0) is 46.5 Å². The van der Waals surface area contributed by atoms with E-state index in [4.69, 9.17) is 11.5 Å². The van der Waals surface area contributed by atoms with E-state index in [1.807, 2.05) is 0 Å². The fourth-order valence-electron chi connectivity index (χ4n) is 4.14. The number of amides is 4. The summed E-state index contributed by atoms with van der Waals surface area (Å²) in [6.45, 7) is 5.01. The lowest BCUT2D eigenvalue weighted by atomic mass is 9.95. The number of aliphatic hydroxyl groups excluding tert-OH is 2. The summed E-state index contributed by atoms with van der Waals surface area (Å²) in [5, 5.41) is 21.8. The molecule has 2 rings (SSSR count). The van der Waals surface area contributed by atoms with E-state index in [9.17, 15) is 29.4 Å². The van der Waals surface area contributed by atoms with Gasteiger partial charge in [-0.25, -0.2) is 0 Å². The van der Waals surface area contributed by atoms with Crippen LogP contribution in [0.5, 0.6) is 0 Å². The predicted molar refractivity (Wildman–Crippen MR) is 107 cm³/mol.